The van der Waals surface area contributed by atoms with E-state index in [9.17, 15) is 4.79 Å². The third-order valence-corrected chi connectivity index (χ3v) is 4.16. The molecule has 0 aromatic heterocycles. The summed E-state index contributed by atoms with van der Waals surface area (Å²) in [5, 5.41) is 4.57. The molecule has 1 aliphatic rings. The number of benzene rings is 1. The summed E-state index contributed by atoms with van der Waals surface area (Å²) < 4.78 is 0. The standard InChI is InChI=1S/C15H20Cl2N2O/c1-11(8-12-2-3-13(16)10-14(12)17)9-15(20)19-6-4-18-5-7-19/h2-3,10-11,18H,4-9H2,1H3. The van der Waals surface area contributed by atoms with Crippen LogP contribution in [0.5, 0.6) is 0 Å². The summed E-state index contributed by atoms with van der Waals surface area (Å²) in [6, 6.07) is 5.54. The first-order chi connectivity index (χ1) is 9.56. The van der Waals surface area contributed by atoms with Gasteiger partial charge in [0.15, 0.2) is 0 Å². The lowest BCUT2D eigenvalue weighted by molar-refractivity contribution is -0.132. The zero-order valence-electron chi connectivity index (χ0n) is 11.7. The quantitative estimate of drug-likeness (QED) is 0.926. The predicted molar refractivity (Wildman–Crippen MR) is 83.4 cm³/mol. The number of nitrogens with zero attached hydrogens (tertiary/aromatic N) is 1. The lowest BCUT2D eigenvalue weighted by Gasteiger charge is -2.28. The highest BCUT2D eigenvalue weighted by Gasteiger charge is 2.19. The van der Waals surface area contributed by atoms with Gasteiger partial charge in [-0.25, -0.2) is 0 Å². The second kappa shape index (κ2) is 7.30. The Morgan fingerprint density at radius 3 is 2.70 bits per heavy atom. The molecule has 3 nitrogen and oxygen atoms in total. The third kappa shape index (κ3) is 4.37. The lowest BCUT2D eigenvalue weighted by atomic mass is 9.97. The molecule has 1 amide bonds. The molecule has 110 valence electrons. The van der Waals surface area contributed by atoms with Crippen molar-refractivity contribution in [3.63, 3.8) is 0 Å². The van der Waals surface area contributed by atoms with Crippen molar-refractivity contribution in [3.05, 3.63) is 33.8 Å². The minimum Gasteiger partial charge on any atom is -0.340 e. The first-order valence-electron chi connectivity index (χ1n) is 6.98. The van der Waals surface area contributed by atoms with E-state index in [2.05, 4.69) is 12.2 Å². The minimum atomic E-state index is 0.240. The molecule has 20 heavy (non-hydrogen) atoms. The maximum absolute atomic E-state index is 12.2. The number of carbonyl (C=O) groups is 1. The largest absolute Gasteiger partial charge is 0.340 e. The molecule has 1 heterocycles. The van der Waals surface area contributed by atoms with Crippen LogP contribution in [0.15, 0.2) is 18.2 Å². The molecule has 0 saturated carbocycles. The SMILES string of the molecule is CC(CC(=O)N1CCNCC1)Cc1ccc(Cl)cc1Cl. The number of piperazine rings is 1. The highest BCUT2D eigenvalue weighted by atomic mass is 35.5. The highest BCUT2D eigenvalue weighted by Crippen LogP contribution is 2.24. The Morgan fingerprint density at radius 2 is 2.05 bits per heavy atom. The molecule has 0 spiro atoms. The molecule has 5 heteroatoms. The summed E-state index contributed by atoms with van der Waals surface area (Å²) >= 11 is 12.1. The van der Waals surface area contributed by atoms with E-state index in [0.29, 0.717) is 16.5 Å². The van der Waals surface area contributed by atoms with Gasteiger partial charge in [0.25, 0.3) is 0 Å². The van der Waals surface area contributed by atoms with Gasteiger partial charge in [-0.1, -0.05) is 36.2 Å². The summed E-state index contributed by atoms with van der Waals surface area (Å²) in [5.41, 5.74) is 1.05. The second-order valence-corrected chi connectivity index (χ2v) is 6.22. The van der Waals surface area contributed by atoms with Gasteiger partial charge < -0.3 is 10.2 Å². The van der Waals surface area contributed by atoms with E-state index in [-0.39, 0.29) is 11.8 Å². The number of nitrogens with one attached hydrogen (secondary N) is 1. The Kier molecular flexibility index (Phi) is 5.70. The Hall–Kier alpha value is -0.770. The average molecular weight is 315 g/mol. The average Bonchev–Trinajstić information content (AvgIpc) is 2.43. The molecule has 0 bridgehead atoms. The number of rotatable bonds is 4. The molecule has 1 aromatic carbocycles. The van der Waals surface area contributed by atoms with E-state index in [0.717, 1.165) is 38.2 Å². The van der Waals surface area contributed by atoms with Gasteiger partial charge in [-0.15, -0.1) is 0 Å². The summed E-state index contributed by atoms with van der Waals surface area (Å²) in [6.45, 7) is 5.50. The molecule has 1 unspecified atom stereocenters. The molecular formula is C15H20Cl2N2O. The van der Waals surface area contributed by atoms with Crippen molar-refractivity contribution < 1.29 is 4.79 Å². The van der Waals surface area contributed by atoms with Gasteiger partial charge >= 0.3 is 0 Å². The predicted octanol–water partition coefficient (Wildman–Crippen LogP) is 2.99. The normalized spacial score (nSPS) is 17.1. The maximum Gasteiger partial charge on any atom is 0.222 e. The van der Waals surface area contributed by atoms with E-state index in [1.54, 1.807) is 6.07 Å². The van der Waals surface area contributed by atoms with Crippen LogP contribution in [0.25, 0.3) is 0 Å². The number of hydrogen-bond donors (Lipinski definition) is 1. The third-order valence-electron chi connectivity index (χ3n) is 3.58. The van der Waals surface area contributed by atoms with Crippen LogP contribution in [0.1, 0.15) is 18.9 Å². The molecule has 1 saturated heterocycles. The number of hydrogen-bond acceptors (Lipinski definition) is 2. The monoisotopic (exact) mass is 314 g/mol. The van der Waals surface area contributed by atoms with Crippen molar-refractivity contribution in [1.82, 2.24) is 10.2 Å². The van der Waals surface area contributed by atoms with E-state index < -0.39 is 0 Å². The van der Waals surface area contributed by atoms with E-state index in [1.165, 1.54) is 0 Å². The molecule has 1 atom stereocenters. The molecular weight excluding hydrogens is 295 g/mol. The fraction of sp³-hybridized carbons (Fsp3) is 0.533. The topological polar surface area (TPSA) is 32.3 Å². The fourth-order valence-corrected chi connectivity index (χ4v) is 2.96. The Morgan fingerprint density at radius 1 is 1.35 bits per heavy atom. The van der Waals surface area contributed by atoms with Crippen LogP contribution >= 0.6 is 23.2 Å². The summed E-state index contributed by atoms with van der Waals surface area (Å²) in [7, 11) is 0. The van der Waals surface area contributed by atoms with Crippen LogP contribution in [-0.2, 0) is 11.2 Å². The molecule has 2 rings (SSSR count). The van der Waals surface area contributed by atoms with Crippen molar-refractivity contribution in [2.24, 2.45) is 5.92 Å². The molecule has 1 fully saturated rings. The second-order valence-electron chi connectivity index (χ2n) is 5.38. The molecule has 1 N–H and O–H groups in total. The van der Waals surface area contributed by atoms with E-state index in [1.807, 2.05) is 17.0 Å². The van der Waals surface area contributed by atoms with Crippen LogP contribution in [0, 0.1) is 5.92 Å². The van der Waals surface area contributed by atoms with Gasteiger partial charge in [0, 0.05) is 42.6 Å². The smallest absolute Gasteiger partial charge is 0.222 e. The molecule has 1 aromatic rings. The summed E-state index contributed by atoms with van der Waals surface area (Å²) in [4.78, 5) is 14.1. The van der Waals surface area contributed by atoms with Crippen LogP contribution in [-0.4, -0.2) is 37.0 Å². The Labute approximate surface area is 130 Å². The van der Waals surface area contributed by atoms with Gasteiger partial charge in [0.2, 0.25) is 5.91 Å². The van der Waals surface area contributed by atoms with Crippen LogP contribution in [0.2, 0.25) is 10.0 Å². The van der Waals surface area contributed by atoms with Gasteiger partial charge in [-0.2, -0.15) is 0 Å². The van der Waals surface area contributed by atoms with Crippen LogP contribution in [0.4, 0.5) is 0 Å². The number of halogens is 2. The van der Waals surface area contributed by atoms with E-state index >= 15 is 0 Å². The highest BCUT2D eigenvalue weighted by molar-refractivity contribution is 6.35. The molecule has 1 aliphatic heterocycles. The summed E-state index contributed by atoms with van der Waals surface area (Å²) in [6.07, 6.45) is 1.37. The maximum atomic E-state index is 12.2. The van der Waals surface area contributed by atoms with Gasteiger partial charge in [0.1, 0.15) is 0 Å². The summed E-state index contributed by atoms with van der Waals surface area (Å²) in [5.74, 6) is 0.514. The van der Waals surface area contributed by atoms with Gasteiger partial charge in [-0.3, -0.25) is 4.79 Å². The van der Waals surface area contributed by atoms with Crippen molar-refractivity contribution in [2.45, 2.75) is 19.8 Å². The van der Waals surface area contributed by atoms with Crippen molar-refractivity contribution in [2.75, 3.05) is 26.2 Å². The van der Waals surface area contributed by atoms with Crippen molar-refractivity contribution in [1.29, 1.82) is 0 Å². The Bertz CT molecular complexity index is 473. The zero-order chi connectivity index (χ0) is 14.5. The zero-order valence-corrected chi connectivity index (χ0v) is 13.2. The van der Waals surface area contributed by atoms with Crippen LogP contribution < -0.4 is 5.32 Å². The lowest BCUT2D eigenvalue weighted by Crippen LogP contribution is -2.46. The first-order valence-corrected chi connectivity index (χ1v) is 7.74. The van der Waals surface area contributed by atoms with Crippen LogP contribution in [0.3, 0.4) is 0 Å². The van der Waals surface area contributed by atoms with Crippen molar-refractivity contribution in [3.8, 4) is 0 Å². The molecule has 0 radical (unpaired) electrons. The number of amides is 1. The van der Waals surface area contributed by atoms with Gasteiger partial charge in [-0.05, 0) is 30.0 Å². The minimum absolute atomic E-state index is 0.240. The first kappa shape index (κ1) is 15.6. The number of carbonyl (C=O) groups excluding carboxylic acids is 1. The molecule has 0 aliphatic carbocycles. The van der Waals surface area contributed by atoms with Crippen molar-refractivity contribution >= 4 is 29.1 Å². The Balaban J connectivity index is 1.88. The van der Waals surface area contributed by atoms with E-state index in [4.69, 9.17) is 23.2 Å². The fourth-order valence-electron chi connectivity index (χ4n) is 2.48. The van der Waals surface area contributed by atoms with Gasteiger partial charge in [0.05, 0.1) is 0 Å².